The van der Waals surface area contributed by atoms with E-state index in [1.807, 2.05) is 31.2 Å². The third-order valence-electron chi connectivity index (χ3n) is 2.82. The lowest BCUT2D eigenvalue weighted by Crippen LogP contribution is -2.23. The third kappa shape index (κ3) is 4.06. The Morgan fingerprint density at radius 1 is 1.56 bits per heavy atom. The van der Waals surface area contributed by atoms with Crippen LogP contribution in [0.2, 0.25) is 0 Å². The molecule has 0 fully saturated rings. The molecule has 1 aromatic carbocycles. The third-order valence-corrected chi connectivity index (χ3v) is 2.82. The van der Waals surface area contributed by atoms with Crippen molar-refractivity contribution in [2.24, 2.45) is 0 Å². The molecular formula is C15H18N2O. The van der Waals surface area contributed by atoms with Gasteiger partial charge in [0, 0.05) is 13.0 Å². The molecule has 0 aliphatic carbocycles. The van der Waals surface area contributed by atoms with Crippen LogP contribution in [0.1, 0.15) is 29.9 Å². The SMILES string of the molecule is C=CCNC(=O)CCC(C#N)c1ccccc1C. The largest absolute Gasteiger partial charge is 0.353 e. The highest BCUT2D eigenvalue weighted by atomic mass is 16.1. The molecule has 94 valence electrons. The number of carbonyl (C=O) groups is 1. The lowest BCUT2D eigenvalue weighted by Gasteiger charge is -2.11. The fourth-order valence-corrected chi connectivity index (χ4v) is 1.82. The number of nitriles is 1. The molecule has 18 heavy (non-hydrogen) atoms. The van der Waals surface area contributed by atoms with E-state index in [4.69, 9.17) is 0 Å². The molecule has 0 radical (unpaired) electrons. The smallest absolute Gasteiger partial charge is 0.220 e. The van der Waals surface area contributed by atoms with Crippen molar-refractivity contribution < 1.29 is 4.79 Å². The molecule has 3 nitrogen and oxygen atoms in total. The molecule has 0 spiro atoms. The second-order valence-electron chi connectivity index (χ2n) is 4.17. The minimum absolute atomic E-state index is 0.0382. The highest BCUT2D eigenvalue weighted by molar-refractivity contribution is 5.76. The van der Waals surface area contributed by atoms with Gasteiger partial charge in [-0.2, -0.15) is 5.26 Å². The number of hydrogen-bond donors (Lipinski definition) is 1. The van der Waals surface area contributed by atoms with E-state index in [9.17, 15) is 10.1 Å². The molecule has 0 aromatic heterocycles. The zero-order valence-corrected chi connectivity index (χ0v) is 10.6. The van der Waals surface area contributed by atoms with E-state index < -0.39 is 0 Å². The van der Waals surface area contributed by atoms with Crippen LogP contribution in [-0.4, -0.2) is 12.5 Å². The van der Waals surface area contributed by atoms with Gasteiger partial charge >= 0.3 is 0 Å². The first-order valence-corrected chi connectivity index (χ1v) is 6.01. The molecule has 0 aliphatic rings. The van der Waals surface area contributed by atoms with Crippen molar-refractivity contribution in [3.63, 3.8) is 0 Å². The fourth-order valence-electron chi connectivity index (χ4n) is 1.82. The monoisotopic (exact) mass is 242 g/mol. The van der Waals surface area contributed by atoms with E-state index in [2.05, 4.69) is 18.0 Å². The molecule has 0 saturated carbocycles. The van der Waals surface area contributed by atoms with Crippen LogP contribution in [0.5, 0.6) is 0 Å². The summed E-state index contributed by atoms with van der Waals surface area (Å²) in [7, 11) is 0. The highest BCUT2D eigenvalue weighted by Gasteiger charge is 2.14. The predicted octanol–water partition coefficient (Wildman–Crippen LogP) is 2.68. The molecule has 1 amide bonds. The quantitative estimate of drug-likeness (QED) is 0.780. The van der Waals surface area contributed by atoms with Gasteiger partial charge in [0.25, 0.3) is 0 Å². The first kappa shape index (κ1) is 14.0. The van der Waals surface area contributed by atoms with E-state index in [1.165, 1.54) is 0 Å². The summed E-state index contributed by atoms with van der Waals surface area (Å²) in [6.07, 6.45) is 2.55. The van der Waals surface area contributed by atoms with Crippen LogP contribution in [0, 0.1) is 18.3 Å². The van der Waals surface area contributed by atoms with E-state index in [-0.39, 0.29) is 11.8 Å². The van der Waals surface area contributed by atoms with Crippen molar-refractivity contribution in [3.05, 3.63) is 48.0 Å². The minimum Gasteiger partial charge on any atom is -0.353 e. The maximum Gasteiger partial charge on any atom is 0.220 e. The number of amides is 1. The number of hydrogen-bond acceptors (Lipinski definition) is 2. The van der Waals surface area contributed by atoms with Gasteiger partial charge in [-0.3, -0.25) is 4.79 Å². The van der Waals surface area contributed by atoms with Gasteiger partial charge in [-0.1, -0.05) is 30.3 Å². The molecule has 0 saturated heterocycles. The number of benzene rings is 1. The highest BCUT2D eigenvalue weighted by Crippen LogP contribution is 2.23. The van der Waals surface area contributed by atoms with Gasteiger partial charge in [-0.15, -0.1) is 6.58 Å². The molecule has 1 unspecified atom stereocenters. The fraction of sp³-hybridized carbons (Fsp3) is 0.333. The number of aryl methyl sites for hydroxylation is 1. The second kappa shape index (κ2) is 7.29. The van der Waals surface area contributed by atoms with Gasteiger partial charge in [0.15, 0.2) is 0 Å². The van der Waals surface area contributed by atoms with E-state index in [0.29, 0.717) is 19.4 Å². The van der Waals surface area contributed by atoms with Crippen LogP contribution in [-0.2, 0) is 4.79 Å². The van der Waals surface area contributed by atoms with Gasteiger partial charge in [-0.05, 0) is 24.5 Å². The normalized spacial score (nSPS) is 11.3. The molecule has 0 aliphatic heterocycles. The predicted molar refractivity (Wildman–Crippen MR) is 72.0 cm³/mol. The van der Waals surface area contributed by atoms with Gasteiger partial charge in [0.2, 0.25) is 5.91 Å². The van der Waals surface area contributed by atoms with Crippen molar-refractivity contribution in [2.45, 2.75) is 25.7 Å². The Kier molecular flexibility index (Phi) is 5.66. The van der Waals surface area contributed by atoms with Crippen LogP contribution in [0.25, 0.3) is 0 Å². The van der Waals surface area contributed by atoms with E-state index in [0.717, 1.165) is 11.1 Å². The first-order chi connectivity index (χ1) is 8.69. The number of nitrogens with zero attached hydrogens (tertiary/aromatic N) is 1. The summed E-state index contributed by atoms with van der Waals surface area (Å²) in [4.78, 5) is 11.5. The second-order valence-corrected chi connectivity index (χ2v) is 4.17. The number of nitrogens with one attached hydrogen (secondary N) is 1. The summed E-state index contributed by atoms with van der Waals surface area (Å²) >= 11 is 0. The summed E-state index contributed by atoms with van der Waals surface area (Å²) in [6, 6.07) is 10.1. The Morgan fingerprint density at radius 3 is 2.89 bits per heavy atom. The van der Waals surface area contributed by atoms with Crippen molar-refractivity contribution in [1.82, 2.24) is 5.32 Å². The van der Waals surface area contributed by atoms with Crippen LogP contribution < -0.4 is 5.32 Å². The Balaban J connectivity index is 2.59. The number of rotatable bonds is 6. The molecule has 0 heterocycles. The zero-order valence-electron chi connectivity index (χ0n) is 10.6. The van der Waals surface area contributed by atoms with Gasteiger partial charge in [-0.25, -0.2) is 0 Å². The Morgan fingerprint density at radius 2 is 2.28 bits per heavy atom. The van der Waals surface area contributed by atoms with Crippen molar-refractivity contribution in [1.29, 1.82) is 5.26 Å². The zero-order chi connectivity index (χ0) is 13.4. The average Bonchev–Trinajstić information content (AvgIpc) is 2.39. The number of carbonyl (C=O) groups excluding carboxylic acids is 1. The molecule has 0 bridgehead atoms. The lowest BCUT2D eigenvalue weighted by atomic mass is 9.92. The van der Waals surface area contributed by atoms with E-state index >= 15 is 0 Å². The van der Waals surface area contributed by atoms with Crippen LogP contribution in [0.3, 0.4) is 0 Å². The van der Waals surface area contributed by atoms with Gasteiger partial charge < -0.3 is 5.32 Å². The van der Waals surface area contributed by atoms with Gasteiger partial charge in [0.1, 0.15) is 0 Å². The molecular weight excluding hydrogens is 224 g/mol. The standard InChI is InChI=1S/C15H18N2O/c1-3-10-17-15(18)9-8-13(11-16)14-7-5-4-6-12(14)2/h3-7,13H,1,8-10H2,2H3,(H,17,18). The summed E-state index contributed by atoms with van der Waals surface area (Å²) < 4.78 is 0. The van der Waals surface area contributed by atoms with Crippen molar-refractivity contribution in [2.75, 3.05) is 6.54 Å². The Bertz CT molecular complexity index is 460. The molecule has 1 rings (SSSR count). The lowest BCUT2D eigenvalue weighted by molar-refractivity contribution is -0.121. The van der Waals surface area contributed by atoms with Crippen LogP contribution in [0.15, 0.2) is 36.9 Å². The van der Waals surface area contributed by atoms with Crippen molar-refractivity contribution in [3.8, 4) is 6.07 Å². The molecule has 3 heteroatoms. The maximum absolute atomic E-state index is 11.5. The average molecular weight is 242 g/mol. The molecule has 1 atom stereocenters. The Labute approximate surface area is 108 Å². The Hall–Kier alpha value is -2.08. The molecule has 1 aromatic rings. The summed E-state index contributed by atoms with van der Waals surface area (Å²) in [5.74, 6) is -0.260. The first-order valence-electron chi connectivity index (χ1n) is 6.01. The van der Waals surface area contributed by atoms with E-state index in [1.54, 1.807) is 6.08 Å². The topological polar surface area (TPSA) is 52.9 Å². The maximum atomic E-state index is 11.5. The van der Waals surface area contributed by atoms with Crippen LogP contribution >= 0.6 is 0 Å². The van der Waals surface area contributed by atoms with Crippen molar-refractivity contribution >= 4 is 5.91 Å². The summed E-state index contributed by atoms with van der Waals surface area (Å²) in [5.41, 5.74) is 2.10. The van der Waals surface area contributed by atoms with Crippen LogP contribution in [0.4, 0.5) is 0 Å². The molecule has 1 N–H and O–H groups in total. The van der Waals surface area contributed by atoms with Gasteiger partial charge in [0.05, 0.1) is 12.0 Å². The summed E-state index contributed by atoms with van der Waals surface area (Å²) in [6.45, 7) is 5.99. The summed E-state index contributed by atoms with van der Waals surface area (Å²) in [5, 5.41) is 11.9. The minimum atomic E-state index is -0.222.